The molecule has 0 atom stereocenters. The van der Waals surface area contributed by atoms with Crippen molar-refractivity contribution in [3.05, 3.63) is 24.0 Å². The molecule has 1 rings (SSSR count). The summed E-state index contributed by atoms with van der Waals surface area (Å²) < 4.78 is 6.50. The average molecular weight is 180 g/mol. The molecule has 0 N–H and O–H groups in total. The number of carbonyl (C=O) groups is 1. The van der Waals surface area contributed by atoms with Crippen LogP contribution in [0.15, 0.2) is 18.3 Å². The van der Waals surface area contributed by atoms with Gasteiger partial charge >= 0.3 is 0 Å². The van der Waals surface area contributed by atoms with Crippen LogP contribution in [-0.4, -0.2) is 22.7 Å². The smallest absolute Gasteiger partial charge is 0.207 e. The topological polar surface area (TPSA) is 44.1 Å². The van der Waals surface area contributed by atoms with E-state index in [9.17, 15) is 4.79 Å². The molecule has 70 valence electrons. The second kappa shape index (κ2) is 3.89. The molecule has 1 aromatic heterocycles. The van der Waals surface area contributed by atoms with Gasteiger partial charge in [0.05, 0.1) is 13.3 Å². The van der Waals surface area contributed by atoms with Crippen LogP contribution < -0.4 is 4.74 Å². The van der Waals surface area contributed by atoms with Crippen molar-refractivity contribution in [2.75, 3.05) is 7.11 Å². The van der Waals surface area contributed by atoms with E-state index in [1.807, 2.05) is 0 Å². The Morgan fingerprint density at radius 1 is 1.69 bits per heavy atom. The SMILES string of the molecule is C/C=C/C(=O)c1c(OC)cnn1C. The van der Waals surface area contributed by atoms with Crippen LogP contribution in [-0.2, 0) is 7.05 Å². The third-order valence-corrected chi connectivity index (χ3v) is 1.68. The zero-order valence-electron chi connectivity index (χ0n) is 7.94. The first-order chi connectivity index (χ1) is 6.20. The lowest BCUT2D eigenvalue weighted by atomic mass is 10.2. The number of allylic oxidation sites excluding steroid dienone is 2. The summed E-state index contributed by atoms with van der Waals surface area (Å²) in [5, 5.41) is 3.93. The van der Waals surface area contributed by atoms with Gasteiger partial charge < -0.3 is 4.74 Å². The Morgan fingerprint density at radius 2 is 2.38 bits per heavy atom. The minimum absolute atomic E-state index is 0.0978. The molecule has 0 bridgehead atoms. The fourth-order valence-electron chi connectivity index (χ4n) is 1.08. The van der Waals surface area contributed by atoms with Gasteiger partial charge in [-0.2, -0.15) is 5.10 Å². The highest BCUT2D eigenvalue weighted by Gasteiger charge is 2.14. The first-order valence-corrected chi connectivity index (χ1v) is 3.93. The highest BCUT2D eigenvalue weighted by Crippen LogP contribution is 2.17. The van der Waals surface area contributed by atoms with E-state index >= 15 is 0 Å². The summed E-state index contributed by atoms with van der Waals surface area (Å²) in [5.41, 5.74) is 0.473. The van der Waals surface area contributed by atoms with Crippen molar-refractivity contribution in [1.29, 1.82) is 0 Å². The zero-order valence-corrected chi connectivity index (χ0v) is 7.94. The third-order valence-electron chi connectivity index (χ3n) is 1.68. The number of hydrogen-bond donors (Lipinski definition) is 0. The van der Waals surface area contributed by atoms with Crippen molar-refractivity contribution < 1.29 is 9.53 Å². The highest BCUT2D eigenvalue weighted by atomic mass is 16.5. The van der Waals surface area contributed by atoms with Crippen LogP contribution in [0, 0.1) is 0 Å². The Balaban J connectivity index is 3.10. The summed E-state index contributed by atoms with van der Waals surface area (Å²) in [6.07, 6.45) is 4.70. The molecule has 4 nitrogen and oxygen atoms in total. The number of hydrogen-bond acceptors (Lipinski definition) is 3. The molecule has 4 heteroatoms. The van der Waals surface area contributed by atoms with E-state index < -0.39 is 0 Å². The van der Waals surface area contributed by atoms with E-state index in [0.717, 1.165) is 0 Å². The van der Waals surface area contributed by atoms with Gasteiger partial charge in [0.1, 0.15) is 0 Å². The van der Waals surface area contributed by atoms with Gasteiger partial charge in [0.15, 0.2) is 11.4 Å². The Morgan fingerprint density at radius 3 is 2.92 bits per heavy atom. The first-order valence-electron chi connectivity index (χ1n) is 3.93. The van der Waals surface area contributed by atoms with Gasteiger partial charge in [-0.1, -0.05) is 6.08 Å². The van der Waals surface area contributed by atoms with Crippen LogP contribution >= 0.6 is 0 Å². The summed E-state index contributed by atoms with van der Waals surface area (Å²) >= 11 is 0. The maximum atomic E-state index is 11.5. The van der Waals surface area contributed by atoms with Gasteiger partial charge in [0.2, 0.25) is 5.78 Å². The van der Waals surface area contributed by atoms with Crippen molar-refractivity contribution in [3.8, 4) is 5.75 Å². The fourth-order valence-corrected chi connectivity index (χ4v) is 1.08. The molecular formula is C9H12N2O2. The van der Waals surface area contributed by atoms with E-state index in [4.69, 9.17) is 4.74 Å². The average Bonchev–Trinajstić information content (AvgIpc) is 2.47. The van der Waals surface area contributed by atoms with Gasteiger partial charge in [-0.15, -0.1) is 0 Å². The number of aryl methyl sites for hydroxylation is 1. The maximum Gasteiger partial charge on any atom is 0.207 e. The summed E-state index contributed by atoms with van der Waals surface area (Å²) in [7, 11) is 3.22. The van der Waals surface area contributed by atoms with Crippen LogP contribution in [0.5, 0.6) is 5.75 Å². The molecule has 1 heterocycles. The Hall–Kier alpha value is -1.58. The molecule has 0 saturated carbocycles. The molecule has 0 unspecified atom stereocenters. The number of rotatable bonds is 3. The van der Waals surface area contributed by atoms with Crippen LogP contribution in [0.2, 0.25) is 0 Å². The molecule has 1 aromatic rings. The predicted octanol–water partition coefficient (Wildman–Crippen LogP) is 1.19. The number of ketones is 1. The normalized spacial score (nSPS) is 10.7. The zero-order chi connectivity index (χ0) is 9.84. The van der Waals surface area contributed by atoms with E-state index in [-0.39, 0.29) is 5.78 Å². The van der Waals surface area contributed by atoms with Crippen molar-refractivity contribution >= 4 is 5.78 Å². The van der Waals surface area contributed by atoms with Crippen LogP contribution in [0.25, 0.3) is 0 Å². The van der Waals surface area contributed by atoms with Gasteiger partial charge in [-0.3, -0.25) is 9.48 Å². The molecule has 0 aliphatic carbocycles. The van der Waals surface area contributed by atoms with E-state index in [0.29, 0.717) is 11.4 Å². The molecular weight excluding hydrogens is 168 g/mol. The fraction of sp³-hybridized carbons (Fsp3) is 0.333. The second-order valence-corrected chi connectivity index (χ2v) is 2.55. The minimum Gasteiger partial charge on any atom is -0.493 e. The van der Waals surface area contributed by atoms with Crippen LogP contribution in [0.3, 0.4) is 0 Å². The molecule has 0 radical (unpaired) electrons. The molecule has 13 heavy (non-hydrogen) atoms. The summed E-state index contributed by atoms with van der Waals surface area (Å²) in [6.45, 7) is 1.79. The standard InChI is InChI=1S/C9H12N2O2/c1-4-5-7(12)9-8(13-3)6-10-11(9)2/h4-6H,1-3H3/b5-4+. The lowest BCUT2D eigenvalue weighted by molar-refractivity contribution is 0.103. The van der Waals surface area contributed by atoms with Crippen LogP contribution in [0.4, 0.5) is 0 Å². The number of methoxy groups -OCH3 is 1. The third kappa shape index (κ3) is 1.77. The summed E-state index contributed by atoms with van der Waals surface area (Å²) in [6, 6.07) is 0. The molecule has 0 aliphatic rings. The van der Waals surface area contributed by atoms with Crippen molar-refractivity contribution in [3.63, 3.8) is 0 Å². The maximum absolute atomic E-state index is 11.5. The van der Waals surface area contributed by atoms with Gasteiger partial charge in [0.25, 0.3) is 0 Å². The van der Waals surface area contributed by atoms with E-state index in [1.54, 1.807) is 20.0 Å². The molecule has 0 aromatic carbocycles. The van der Waals surface area contributed by atoms with E-state index in [2.05, 4.69) is 5.10 Å². The Kier molecular flexibility index (Phi) is 2.84. The number of nitrogens with zero attached hydrogens (tertiary/aromatic N) is 2. The highest BCUT2D eigenvalue weighted by molar-refractivity contribution is 6.05. The molecule has 0 saturated heterocycles. The molecule has 0 spiro atoms. The Bertz CT molecular complexity index is 339. The molecule has 0 fully saturated rings. The lowest BCUT2D eigenvalue weighted by Crippen LogP contribution is -2.05. The minimum atomic E-state index is -0.0978. The number of ether oxygens (including phenoxy) is 1. The largest absolute Gasteiger partial charge is 0.493 e. The Labute approximate surface area is 76.8 Å². The monoisotopic (exact) mass is 180 g/mol. The van der Waals surface area contributed by atoms with Crippen molar-refractivity contribution in [2.45, 2.75) is 6.92 Å². The quantitative estimate of drug-likeness (QED) is 0.518. The molecule has 0 amide bonds. The molecule has 0 aliphatic heterocycles. The lowest BCUT2D eigenvalue weighted by Gasteiger charge is -1.99. The van der Waals surface area contributed by atoms with Crippen molar-refractivity contribution in [2.24, 2.45) is 7.05 Å². The number of aromatic nitrogens is 2. The van der Waals surface area contributed by atoms with E-state index in [1.165, 1.54) is 24.1 Å². The summed E-state index contributed by atoms with van der Waals surface area (Å²) in [4.78, 5) is 11.5. The first kappa shape index (κ1) is 9.51. The predicted molar refractivity (Wildman–Crippen MR) is 48.9 cm³/mol. The second-order valence-electron chi connectivity index (χ2n) is 2.55. The van der Waals surface area contributed by atoms with Gasteiger partial charge in [-0.05, 0) is 13.0 Å². The van der Waals surface area contributed by atoms with Crippen LogP contribution in [0.1, 0.15) is 17.4 Å². The van der Waals surface area contributed by atoms with Crippen molar-refractivity contribution in [1.82, 2.24) is 9.78 Å². The summed E-state index contributed by atoms with van der Waals surface area (Å²) in [5.74, 6) is 0.407. The van der Waals surface area contributed by atoms with Gasteiger partial charge in [-0.25, -0.2) is 0 Å². The van der Waals surface area contributed by atoms with Gasteiger partial charge in [0, 0.05) is 7.05 Å². The number of carbonyl (C=O) groups excluding carboxylic acids is 1.